The van der Waals surface area contributed by atoms with Crippen molar-refractivity contribution in [1.82, 2.24) is 15.1 Å². The van der Waals surface area contributed by atoms with E-state index < -0.39 is 6.04 Å². The SMILES string of the molecule is CC1C(=O)CC2=CN(C3CCC(=O)NC3=O)CC2=C1OCc1ccc(CN2CCOCC2)cc1. The number of piperidine rings is 1. The number of morpholine rings is 1. The molecule has 1 aliphatic carbocycles. The first kappa shape index (κ1) is 22.8. The zero-order valence-electron chi connectivity index (χ0n) is 19.5. The minimum atomic E-state index is -0.394. The van der Waals surface area contributed by atoms with E-state index in [1.807, 2.05) is 18.0 Å². The quantitative estimate of drug-likeness (QED) is 0.642. The summed E-state index contributed by atoms with van der Waals surface area (Å²) >= 11 is 0. The Hall–Kier alpha value is -2.97. The van der Waals surface area contributed by atoms with E-state index in [2.05, 4.69) is 34.5 Å². The van der Waals surface area contributed by atoms with Crippen LogP contribution < -0.4 is 5.32 Å². The zero-order chi connectivity index (χ0) is 23.7. The van der Waals surface area contributed by atoms with E-state index in [1.54, 1.807) is 0 Å². The standard InChI is InChI=1S/C26H31N3O5/c1-17-23(30)12-20-14-29(22-6-7-24(31)27-26(22)32)15-21(20)25(17)34-16-19-4-2-18(3-5-19)13-28-8-10-33-11-9-28/h2-5,14,17,22H,6-13,15-16H2,1H3,(H,27,31,32). The van der Waals surface area contributed by atoms with Gasteiger partial charge < -0.3 is 14.4 Å². The second kappa shape index (κ2) is 9.72. The van der Waals surface area contributed by atoms with Crippen molar-refractivity contribution in [3.05, 3.63) is 58.5 Å². The Labute approximate surface area is 199 Å². The summed E-state index contributed by atoms with van der Waals surface area (Å²) in [5, 5.41) is 2.42. The largest absolute Gasteiger partial charge is 0.492 e. The molecule has 5 rings (SSSR count). The van der Waals surface area contributed by atoms with Gasteiger partial charge in [0.1, 0.15) is 24.2 Å². The van der Waals surface area contributed by atoms with Crippen LogP contribution in [0.25, 0.3) is 0 Å². The van der Waals surface area contributed by atoms with Crippen LogP contribution >= 0.6 is 0 Å². The van der Waals surface area contributed by atoms with Gasteiger partial charge in [0.2, 0.25) is 11.8 Å². The minimum Gasteiger partial charge on any atom is -0.492 e. The second-order valence-electron chi connectivity index (χ2n) is 9.49. The third kappa shape index (κ3) is 4.79. The average molecular weight is 466 g/mol. The van der Waals surface area contributed by atoms with Crippen molar-refractivity contribution in [2.45, 2.75) is 45.4 Å². The summed E-state index contributed by atoms with van der Waals surface area (Å²) in [6, 6.07) is 8.03. The molecule has 1 N–H and O–H groups in total. The Morgan fingerprint density at radius 3 is 2.56 bits per heavy atom. The highest BCUT2D eigenvalue weighted by atomic mass is 16.5. The highest BCUT2D eigenvalue weighted by Gasteiger charge is 2.39. The van der Waals surface area contributed by atoms with Gasteiger partial charge in [-0.15, -0.1) is 0 Å². The summed E-state index contributed by atoms with van der Waals surface area (Å²) in [4.78, 5) is 40.9. The molecule has 2 unspecified atom stereocenters. The highest BCUT2D eigenvalue weighted by molar-refractivity contribution is 6.00. The fourth-order valence-electron chi connectivity index (χ4n) is 5.08. The third-order valence-electron chi connectivity index (χ3n) is 7.13. The number of nitrogens with zero attached hydrogens (tertiary/aromatic N) is 2. The molecule has 0 radical (unpaired) electrons. The maximum Gasteiger partial charge on any atom is 0.249 e. The van der Waals surface area contributed by atoms with Crippen molar-refractivity contribution in [3.63, 3.8) is 0 Å². The van der Waals surface area contributed by atoms with Gasteiger partial charge in [-0.05, 0) is 30.0 Å². The highest BCUT2D eigenvalue weighted by Crippen LogP contribution is 2.38. The number of ether oxygens (including phenoxy) is 2. The van der Waals surface area contributed by atoms with Crippen molar-refractivity contribution in [1.29, 1.82) is 0 Å². The molecule has 1 aromatic rings. The lowest BCUT2D eigenvalue weighted by atomic mass is 9.86. The summed E-state index contributed by atoms with van der Waals surface area (Å²) in [6.45, 7) is 7.21. The van der Waals surface area contributed by atoms with E-state index in [4.69, 9.17) is 9.47 Å². The number of benzene rings is 1. The van der Waals surface area contributed by atoms with Crippen molar-refractivity contribution in [2.75, 3.05) is 32.8 Å². The van der Waals surface area contributed by atoms with Crippen LogP contribution in [0, 0.1) is 5.92 Å². The number of allylic oxidation sites excluding steroid dienone is 1. The Balaban J connectivity index is 1.26. The van der Waals surface area contributed by atoms with Crippen LogP contribution in [0.15, 0.2) is 47.4 Å². The third-order valence-corrected chi connectivity index (χ3v) is 7.13. The van der Waals surface area contributed by atoms with Gasteiger partial charge in [0.25, 0.3) is 0 Å². The summed E-state index contributed by atoms with van der Waals surface area (Å²) in [7, 11) is 0. The van der Waals surface area contributed by atoms with E-state index in [1.165, 1.54) is 5.56 Å². The van der Waals surface area contributed by atoms with Crippen LogP contribution in [-0.4, -0.2) is 66.3 Å². The molecule has 2 fully saturated rings. The number of ketones is 1. The predicted octanol–water partition coefficient (Wildman–Crippen LogP) is 1.90. The molecule has 8 heteroatoms. The van der Waals surface area contributed by atoms with E-state index in [0.29, 0.717) is 38.2 Å². The van der Waals surface area contributed by atoms with Crippen LogP contribution in [-0.2, 0) is 37.0 Å². The first-order valence-electron chi connectivity index (χ1n) is 12.0. The number of imide groups is 1. The molecule has 2 amide bonds. The van der Waals surface area contributed by atoms with E-state index >= 15 is 0 Å². The molecule has 180 valence electrons. The van der Waals surface area contributed by atoms with Crippen LogP contribution in [0.3, 0.4) is 0 Å². The monoisotopic (exact) mass is 465 g/mol. The molecule has 0 bridgehead atoms. The van der Waals surface area contributed by atoms with E-state index in [9.17, 15) is 14.4 Å². The number of carbonyl (C=O) groups excluding carboxylic acids is 3. The second-order valence-corrected chi connectivity index (χ2v) is 9.49. The lowest BCUT2D eigenvalue weighted by molar-refractivity contribution is -0.136. The molecule has 4 aliphatic rings. The van der Waals surface area contributed by atoms with Gasteiger partial charge in [0, 0.05) is 50.8 Å². The van der Waals surface area contributed by atoms with Crippen molar-refractivity contribution < 1.29 is 23.9 Å². The molecule has 0 aromatic heterocycles. The van der Waals surface area contributed by atoms with Crippen LogP contribution in [0.4, 0.5) is 0 Å². The van der Waals surface area contributed by atoms with Crippen molar-refractivity contribution in [2.24, 2.45) is 5.92 Å². The Morgan fingerprint density at radius 1 is 1.09 bits per heavy atom. The number of amides is 2. The fourth-order valence-corrected chi connectivity index (χ4v) is 5.08. The summed E-state index contributed by atoms with van der Waals surface area (Å²) in [5.41, 5.74) is 4.23. The number of Topliss-reactive ketones (excluding diaryl/α,β-unsaturated/α-hetero) is 1. The molecule has 2 saturated heterocycles. The number of fused-ring (bicyclic) bond motifs is 1. The Morgan fingerprint density at radius 2 is 1.82 bits per heavy atom. The van der Waals surface area contributed by atoms with Gasteiger partial charge >= 0.3 is 0 Å². The van der Waals surface area contributed by atoms with Crippen LogP contribution in [0.5, 0.6) is 0 Å². The van der Waals surface area contributed by atoms with Crippen molar-refractivity contribution in [3.8, 4) is 0 Å². The maximum atomic E-state index is 12.7. The average Bonchev–Trinajstić information content (AvgIpc) is 3.24. The van der Waals surface area contributed by atoms with E-state index in [-0.39, 0.29) is 23.5 Å². The minimum absolute atomic E-state index is 0.121. The predicted molar refractivity (Wildman–Crippen MR) is 124 cm³/mol. The normalized spacial score (nSPS) is 25.9. The van der Waals surface area contributed by atoms with Gasteiger partial charge in [-0.2, -0.15) is 0 Å². The molecular formula is C26H31N3O5. The number of nitrogens with one attached hydrogen (secondary N) is 1. The van der Waals surface area contributed by atoms with Crippen molar-refractivity contribution >= 4 is 17.6 Å². The fraction of sp³-hybridized carbons (Fsp3) is 0.500. The van der Waals surface area contributed by atoms with Gasteiger partial charge in [-0.3, -0.25) is 24.6 Å². The number of hydrogen-bond acceptors (Lipinski definition) is 7. The number of carbonyl (C=O) groups is 3. The van der Waals surface area contributed by atoms with Crippen LogP contribution in [0.1, 0.15) is 37.3 Å². The maximum absolute atomic E-state index is 12.7. The van der Waals surface area contributed by atoms with E-state index in [0.717, 1.165) is 49.6 Å². The summed E-state index contributed by atoms with van der Waals surface area (Å²) < 4.78 is 11.7. The Kier molecular flexibility index (Phi) is 6.52. The lowest BCUT2D eigenvalue weighted by Gasteiger charge is -2.30. The van der Waals surface area contributed by atoms with Gasteiger partial charge in [-0.1, -0.05) is 24.3 Å². The first-order valence-corrected chi connectivity index (χ1v) is 12.0. The van der Waals surface area contributed by atoms with Crippen LogP contribution in [0.2, 0.25) is 0 Å². The Bertz CT molecular complexity index is 1040. The molecule has 2 atom stereocenters. The summed E-state index contributed by atoms with van der Waals surface area (Å²) in [6.07, 6.45) is 3.07. The first-order chi connectivity index (χ1) is 16.5. The van der Waals surface area contributed by atoms with Gasteiger partial charge in [0.05, 0.1) is 19.1 Å². The molecule has 3 aliphatic heterocycles. The lowest BCUT2D eigenvalue weighted by Crippen LogP contribution is -2.50. The topological polar surface area (TPSA) is 88.2 Å². The molecule has 1 aromatic carbocycles. The molecule has 8 nitrogen and oxygen atoms in total. The summed E-state index contributed by atoms with van der Waals surface area (Å²) in [5.74, 6) is 0.0139. The molecule has 3 heterocycles. The molecular weight excluding hydrogens is 434 g/mol. The molecule has 34 heavy (non-hydrogen) atoms. The molecule has 0 saturated carbocycles. The smallest absolute Gasteiger partial charge is 0.249 e. The molecule has 0 spiro atoms. The van der Waals surface area contributed by atoms with Gasteiger partial charge in [-0.25, -0.2) is 0 Å². The van der Waals surface area contributed by atoms with Gasteiger partial charge in [0.15, 0.2) is 0 Å². The number of hydrogen-bond donors (Lipinski definition) is 1. The number of rotatable bonds is 6. The zero-order valence-corrected chi connectivity index (χ0v) is 19.5.